The number of aromatic nitrogens is 4. The number of fused-ring (bicyclic) bond motifs is 1. The van der Waals surface area contributed by atoms with Crippen molar-refractivity contribution in [3.63, 3.8) is 0 Å². The summed E-state index contributed by atoms with van der Waals surface area (Å²) in [6.45, 7) is 0. The number of nitrogens with two attached hydrogens (primary N) is 1. The molecule has 16 heavy (non-hydrogen) atoms. The Bertz CT molecular complexity index is 636. The normalized spacial score (nSPS) is 10.9. The Labute approximate surface area is 94.3 Å². The van der Waals surface area contributed by atoms with Gasteiger partial charge in [-0.15, -0.1) is 0 Å². The predicted octanol–water partition coefficient (Wildman–Crippen LogP) is -0.0551. The fourth-order valence-electron chi connectivity index (χ4n) is 0.872. The average Bonchev–Trinajstić information content (AvgIpc) is 2.47. The first-order valence-electron chi connectivity index (χ1n) is 3.66. The molecule has 0 atom stereocenters. The zero-order valence-corrected chi connectivity index (χ0v) is 9.21. The highest BCUT2D eigenvalue weighted by molar-refractivity contribution is 7.79. The van der Waals surface area contributed by atoms with Crippen LogP contribution in [0.2, 0.25) is 0 Å². The van der Waals surface area contributed by atoms with Gasteiger partial charge in [-0.25, -0.2) is 4.98 Å². The van der Waals surface area contributed by atoms with Gasteiger partial charge in [0.15, 0.2) is 5.65 Å². The van der Waals surface area contributed by atoms with E-state index in [4.69, 9.17) is 35.5 Å². The maximum Gasteiger partial charge on any atom is 0.394 e. The standard InChI is InChI=1S/C5H5N5S.H2O4S/c6-3-2-4(8-1-7-2)10-5(11)9-3;1-5(2,3)4/h1H,(H4,6,7,8,9,10,11);(H2,1,2,3,4). The Morgan fingerprint density at radius 3 is 2.56 bits per heavy atom. The molecule has 0 saturated heterocycles. The molecule has 0 aliphatic rings. The fraction of sp³-hybridized carbons (Fsp3) is 0. The maximum absolute atomic E-state index is 8.74. The number of H-pyrrole nitrogens is 2. The van der Waals surface area contributed by atoms with E-state index in [-0.39, 0.29) is 0 Å². The third-order valence-electron chi connectivity index (χ3n) is 1.34. The van der Waals surface area contributed by atoms with Gasteiger partial charge in [-0.05, 0) is 12.2 Å². The van der Waals surface area contributed by atoms with Crippen molar-refractivity contribution in [2.24, 2.45) is 0 Å². The van der Waals surface area contributed by atoms with E-state index in [1.54, 1.807) is 0 Å². The van der Waals surface area contributed by atoms with Crippen LogP contribution in [-0.2, 0) is 10.4 Å². The van der Waals surface area contributed by atoms with Gasteiger partial charge < -0.3 is 15.7 Å². The molecule has 0 amide bonds. The minimum atomic E-state index is -4.67. The molecule has 0 aromatic carbocycles. The van der Waals surface area contributed by atoms with Gasteiger partial charge in [-0.2, -0.15) is 13.4 Å². The summed E-state index contributed by atoms with van der Waals surface area (Å²) in [5.74, 6) is 0.470. The fourth-order valence-corrected chi connectivity index (χ4v) is 1.07. The minimum Gasteiger partial charge on any atom is -0.383 e. The van der Waals surface area contributed by atoms with Crippen molar-refractivity contribution in [3.8, 4) is 0 Å². The molecule has 9 nitrogen and oxygen atoms in total. The Kier molecular flexibility index (Phi) is 3.54. The summed E-state index contributed by atoms with van der Waals surface area (Å²) in [6.07, 6.45) is 1.52. The first-order chi connectivity index (χ1) is 7.27. The molecule has 0 aliphatic heterocycles. The lowest BCUT2D eigenvalue weighted by atomic mass is 10.5. The van der Waals surface area contributed by atoms with Crippen molar-refractivity contribution in [1.29, 1.82) is 0 Å². The molecule has 2 aromatic heterocycles. The molecule has 11 heteroatoms. The van der Waals surface area contributed by atoms with E-state index < -0.39 is 10.4 Å². The van der Waals surface area contributed by atoms with E-state index in [1.807, 2.05) is 0 Å². The third kappa shape index (κ3) is 3.90. The summed E-state index contributed by atoms with van der Waals surface area (Å²) in [5, 5.41) is 0. The zero-order valence-electron chi connectivity index (χ0n) is 7.58. The Balaban J connectivity index is 0.000000221. The lowest BCUT2D eigenvalue weighted by Crippen LogP contribution is -1.93. The number of nitrogens with one attached hydrogen (secondary N) is 2. The van der Waals surface area contributed by atoms with Crippen molar-refractivity contribution in [3.05, 3.63) is 11.1 Å². The van der Waals surface area contributed by atoms with Crippen LogP contribution in [0.25, 0.3) is 11.2 Å². The molecule has 2 rings (SSSR count). The van der Waals surface area contributed by atoms with Crippen molar-refractivity contribution < 1.29 is 17.5 Å². The van der Waals surface area contributed by atoms with Crippen LogP contribution in [0.3, 0.4) is 0 Å². The Morgan fingerprint density at radius 1 is 1.44 bits per heavy atom. The van der Waals surface area contributed by atoms with Crippen molar-refractivity contribution in [1.82, 2.24) is 19.9 Å². The first-order valence-corrected chi connectivity index (χ1v) is 5.46. The summed E-state index contributed by atoms with van der Waals surface area (Å²) in [7, 11) is -4.67. The van der Waals surface area contributed by atoms with Crippen LogP contribution in [0.15, 0.2) is 6.33 Å². The lowest BCUT2D eigenvalue weighted by molar-refractivity contribution is 0.381. The Morgan fingerprint density at radius 2 is 2.00 bits per heavy atom. The number of hydrogen-bond donors (Lipinski definition) is 5. The van der Waals surface area contributed by atoms with Gasteiger partial charge in [0, 0.05) is 0 Å². The third-order valence-corrected chi connectivity index (χ3v) is 1.53. The molecule has 2 heterocycles. The first kappa shape index (κ1) is 12.5. The van der Waals surface area contributed by atoms with Gasteiger partial charge >= 0.3 is 10.4 Å². The molecule has 0 spiro atoms. The predicted molar refractivity (Wildman–Crippen MR) is 57.7 cm³/mol. The number of imidazole rings is 1. The minimum absolute atomic E-state index is 0.349. The van der Waals surface area contributed by atoms with E-state index in [0.29, 0.717) is 21.8 Å². The molecule has 6 N–H and O–H groups in total. The summed E-state index contributed by atoms with van der Waals surface area (Å²) >= 11 is 4.79. The van der Waals surface area contributed by atoms with Crippen LogP contribution in [0.5, 0.6) is 0 Å². The van der Waals surface area contributed by atoms with Gasteiger partial charge in [0.1, 0.15) is 11.3 Å². The monoisotopic (exact) mass is 265 g/mol. The zero-order chi connectivity index (χ0) is 12.3. The second-order valence-electron chi connectivity index (χ2n) is 2.50. The molecule has 2 aromatic rings. The topological polar surface area (TPSA) is 158 Å². The van der Waals surface area contributed by atoms with Crippen LogP contribution in [0.4, 0.5) is 5.82 Å². The molecule has 0 unspecified atom stereocenters. The van der Waals surface area contributed by atoms with Crippen molar-refractivity contribution in [2.75, 3.05) is 5.73 Å². The van der Waals surface area contributed by atoms with Gasteiger partial charge in [0.2, 0.25) is 4.77 Å². The maximum atomic E-state index is 8.74. The number of nitrogen functional groups attached to an aromatic ring is 1. The van der Waals surface area contributed by atoms with E-state index in [1.165, 1.54) is 6.33 Å². The molecule has 0 radical (unpaired) electrons. The van der Waals surface area contributed by atoms with Gasteiger partial charge in [-0.3, -0.25) is 9.11 Å². The van der Waals surface area contributed by atoms with E-state index >= 15 is 0 Å². The lowest BCUT2D eigenvalue weighted by Gasteiger charge is -1.92. The summed E-state index contributed by atoms with van der Waals surface area (Å²) in [6, 6.07) is 0. The highest BCUT2D eigenvalue weighted by Gasteiger charge is 2.00. The number of hydrogen-bond acceptors (Lipinski definition) is 6. The van der Waals surface area contributed by atoms with E-state index in [0.717, 1.165) is 0 Å². The van der Waals surface area contributed by atoms with Crippen molar-refractivity contribution >= 4 is 39.6 Å². The number of nitrogens with zero attached hydrogens (tertiary/aromatic N) is 2. The van der Waals surface area contributed by atoms with E-state index in [2.05, 4.69) is 19.9 Å². The van der Waals surface area contributed by atoms with Crippen LogP contribution >= 0.6 is 12.2 Å². The number of anilines is 1. The smallest absolute Gasteiger partial charge is 0.383 e. The summed E-state index contributed by atoms with van der Waals surface area (Å²) in [5.41, 5.74) is 6.81. The molecule has 0 saturated carbocycles. The molecule has 0 fully saturated rings. The highest BCUT2D eigenvalue weighted by Crippen LogP contribution is 2.10. The van der Waals surface area contributed by atoms with Gasteiger partial charge in [-0.1, -0.05) is 0 Å². The molecule has 0 aliphatic carbocycles. The van der Waals surface area contributed by atoms with E-state index in [9.17, 15) is 0 Å². The SMILES string of the molecule is Nc1[nH]c(=S)nc2nc[nH]c12.O=S(=O)(O)O. The van der Waals surface area contributed by atoms with Crippen LogP contribution in [0.1, 0.15) is 0 Å². The molecule has 0 bridgehead atoms. The van der Waals surface area contributed by atoms with Gasteiger partial charge in [0.25, 0.3) is 0 Å². The Hall–Kier alpha value is -1.56. The van der Waals surface area contributed by atoms with Crippen LogP contribution in [-0.4, -0.2) is 37.5 Å². The highest BCUT2D eigenvalue weighted by atomic mass is 32.3. The van der Waals surface area contributed by atoms with Crippen molar-refractivity contribution in [2.45, 2.75) is 0 Å². The van der Waals surface area contributed by atoms with Crippen LogP contribution < -0.4 is 5.73 Å². The second-order valence-corrected chi connectivity index (χ2v) is 3.79. The molecule has 88 valence electrons. The second kappa shape index (κ2) is 4.52. The average molecular weight is 265 g/mol. The van der Waals surface area contributed by atoms with Gasteiger partial charge in [0.05, 0.1) is 6.33 Å². The molecular weight excluding hydrogens is 258 g/mol. The quantitative estimate of drug-likeness (QED) is 0.327. The number of rotatable bonds is 0. The summed E-state index contributed by atoms with van der Waals surface area (Å²) in [4.78, 5) is 13.4. The summed E-state index contributed by atoms with van der Waals surface area (Å²) < 4.78 is 31.9. The molecular formula is C5H7N5O4S2. The van der Waals surface area contributed by atoms with Crippen LogP contribution in [0, 0.1) is 4.77 Å². The largest absolute Gasteiger partial charge is 0.394 e. The number of aromatic amines is 2.